The minimum atomic E-state index is 0.335. The second kappa shape index (κ2) is 7.46. The third-order valence-electron chi connectivity index (χ3n) is 3.19. The van der Waals surface area contributed by atoms with Crippen molar-refractivity contribution < 1.29 is 4.74 Å². The summed E-state index contributed by atoms with van der Waals surface area (Å²) in [5.74, 6) is 0.893. The van der Waals surface area contributed by atoms with Crippen molar-refractivity contribution in [2.24, 2.45) is 0 Å². The lowest BCUT2D eigenvalue weighted by molar-refractivity contribution is 0.307. The van der Waals surface area contributed by atoms with Gasteiger partial charge in [-0.3, -0.25) is 0 Å². The molecule has 2 aromatic carbocycles. The Morgan fingerprint density at radius 2 is 1.90 bits per heavy atom. The van der Waals surface area contributed by atoms with Gasteiger partial charge in [-0.1, -0.05) is 51.8 Å². The van der Waals surface area contributed by atoms with Crippen molar-refractivity contribution in [2.75, 3.05) is 13.2 Å². The fourth-order valence-corrected chi connectivity index (χ4v) is 2.35. The molecule has 106 valence electrons. The molecule has 20 heavy (non-hydrogen) atoms. The van der Waals surface area contributed by atoms with E-state index in [1.165, 1.54) is 11.1 Å². The van der Waals surface area contributed by atoms with E-state index >= 15 is 0 Å². The van der Waals surface area contributed by atoms with E-state index in [-0.39, 0.29) is 0 Å². The van der Waals surface area contributed by atoms with Gasteiger partial charge in [0, 0.05) is 17.1 Å². The highest BCUT2D eigenvalue weighted by Crippen LogP contribution is 2.17. The summed E-state index contributed by atoms with van der Waals surface area (Å²) in [6.07, 6.45) is 0. The van der Waals surface area contributed by atoms with Crippen molar-refractivity contribution in [1.29, 1.82) is 0 Å². The lowest BCUT2D eigenvalue weighted by atomic mass is 10.1. The lowest BCUT2D eigenvalue weighted by Crippen LogP contribution is -2.24. The monoisotopic (exact) mass is 333 g/mol. The Morgan fingerprint density at radius 1 is 1.15 bits per heavy atom. The number of hydrogen-bond acceptors (Lipinski definition) is 2. The predicted molar refractivity (Wildman–Crippen MR) is 87.2 cm³/mol. The van der Waals surface area contributed by atoms with Crippen molar-refractivity contribution in [3.63, 3.8) is 0 Å². The van der Waals surface area contributed by atoms with Crippen LogP contribution in [0, 0.1) is 6.92 Å². The van der Waals surface area contributed by atoms with E-state index in [0.29, 0.717) is 12.6 Å². The molecule has 0 spiro atoms. The second-order valence-corrected chi connectivity index (χ2v) is 5.81. The molecule has 0 heterocycles. The largest absolute Gasteiger partial charge is 0.492 e. The van der Waals surface area contributed by atoms with E-state index in [2.05, 4.69) is 59.4 Å². The fourth-order valence-electron chi connectivity index (χ4n) is 1.97. The second-order valence-electron chi connectivity index (χ2n) is 4.89. The van der Waals surface area contributed by atoms with Gasteiger partial charge in [-0.2, -0.15) is 0 Å². The van der Waals surface area contributed by atoms with Crippen LogP contribution < -0.4 is 10.1 Å². The average molecular weight is 334 g/mol. The lowest BCUT2D eigenvalue weighted by Gasteiger charge is -2.15. The maximum Gasteiger partial charge on any atom is 0.120 e. The van der Waals surface area contributed by atoms with Gasteiger partial charge in [0.05, 0.1) is 0 Å². The molecule has 2 nitrogen and oxygen atoms in total. The maximum atomic E-state index is 5.70. The Kier molecular flexibility index (Phi) is 5.62. The number of aryl methyl sites for hydroxylation is 1. The van der Waals surface area contributed by atoms with E-state index in [9.17, 15) is 0 Å². The number of rotatable bonds is 6. The van der Waals surface area contributed by atoms with Gasteiger partial charge in [0.1, 0.15) is 12.4 Å². The molecule has 0 amide bonds. The van der Waals surface area contributed by atoms with Gasteiger partial charge in [-0.15, -0.1) is 0 Å². The molecule has 0 aromatic heterocycles. The van der Waals surface area contributed by atoms with Crippen LogP contribution in [0.4, 0.5) is 0 Å². The number of nitrogens with one attached hydrogen (secondary N) is 1. The average Bonchev–Trinajstić information content (AvgIpc) is 2.44. The Bertz CT molecular complexity index is 539. The molecule has 0 unspecified atom stereocenters. The number of benzene rings is 2. The van der Waals surface area contributed by atoms with Crippen LogP contribution in [-0.2, 0) is 0 Å². The van der Waals surface area contributed by atoms with E-state index in [0.717, 1.165) is 16.8 Å². The molecule has 0 bridgehead atoms. The fraction of sp³-hybridized carbons (Fsp3) is 0.294. The van der Waals surface area contributed by atoms with E-state index in [4.69, 9.17) is 4.74 Å². The maximum absolute atomic E-state index is 5.70. The molecule has 3 heteroatoms. The summed E-state index contributed by atoms with van der Waals surface area (Å²) in [4.78, 5) is 0. The SMILES string of the molecule is Cc1ccc([C@H](C)NCCOc2cccc(Br)c2)cc1. The van der Waals surface area contributed by atoms with E-state index in [1.807, 2.05) is 24.3 Å². The molecule has 0 saturated heterocycles. The molecular weight excluding hydrogens is 314 g/mol. The first-order chi connectivity index (χ1) is 9.65. The molecule has 2 aromatic rings. The molecule has 1 atom stereocenters. The molecule has 0 aliphatic heterocycles. The predicted octanol–water partition coefficient (Wildman–Crippen LogP) is 4.49. The standard InChI is InChI=1S/C17H20BrNO/c1-13-6-8-15(9-7-13)14(2)19-10-11-20-17-5-3-4-16(18)12-17/h3-9,12,14,19H,10-11H2,1-2H3/t14-/m0/s1. The van der Waals surface area contributed by atoms with Crippen LogP contribution in [0.2, 0.25) is 0 Å². The van der Waals surface area contributed by atoms with E-state index < -0.39 is 0 Å². The summed E-state index contributed by atoms with van der Waals surface area (Å²) in [5.41, 5.74) is 2.59. The van der Waals surface area contributed by atoms with Crippen LogP contribution in [0.5, 0.6) is 5.75 Å². The summed E-state index contributed by atoms with van der Waals surface area (Å²) in [6, 6.07) is 16.9. The first-order valence-electron chi connectivity index (χ1n) is 6.83. The first kappa shape index (κ1) is 15.1. The molecule has 0 fully saturated rings. The highest BCUT2D eigenvalue weighted by molar-refractivity contribution is 9.10. The highest BCUT2D eigenvalue weighted by atomic mass is 79.9. The van der Waals surface area contributed by atoms with Gasteiger partial charge in [0.25, 0.3) is 0 Å². The van der Waals surface area contributed by atoms with Gasteiger partial charge in [0.2, 0.25) is 0 Å². The van der Waals surface area contributed by atoms with Gasteiger partial charge >= 0.3 is 0 Å². The highest BCUT2D eigenvalue weighted by Gasteiger charge is 2.03. The van der Waals surface area contributed by atoms with Crippen LogP contribution in [0.25, 0.3) is 0 Å². The van der Waals surface area contributed by atoms with Crippen LogP contribution in [0.15, 0.2) is 53.0 Å². The number of halogens is 1. The van der Waals surface area contributed by atoms with Crippen molar-refractivity contribution in [2.45, 2.75) is 19.9 Å². The Hall–Kier alpha value is -1.32. The van der Waals surface area contributed by atoms with Crippen LogP contribution in [-0.4, -0.2) is 13.2 Å². The van der Waals surface area contributed by atoms with Crippen LogP contribution in [0.3, 0.4) is 0 Å². The zero-order chi connectivity index (χ0) is 14.4. The molecule has 1 N–H and O–H groups in total. The Morgan fingerprint density at radius 3 is 2.60 bits per heavy atom. The molecule has 0 radical (unpaired) electrons. The summed E-state index contributed by atoms with van der Waals surface area (Å²) in [6.45, 7) is 5.76. The molecular formula is C17H20BrNO. The van der Waals surface area contributed by atoms with Gasteiger partial charge in [0.15, 0.2) is 0 Å². The summed E-state index contributed by atoms with van der Waals surface area (Å²) >= 11 is 3.44. The first-order valence-corrected chi connectivity index (χ1v) is 7.63. The number of ether oxygens (including phenoxy) is 1. The van der Waals surface area contributed by atoms with Crippen molar-refractivity contribution >= 4 is 15.9 Å². The number of hydrogen-bond donors (Lipinski definition) is 1. The quantitative estimate of drug-likeness (QED) is 0.786. The minimum Gasteiger partial charge on any atom is -0.492 e. The Balaban J connectivity index is 1.74. The third kappa shape index (κ3) is 4.66. The topological polar surface area (TPSA) is 21.3 Å². The van der Waals surface area contributed by atoms with Crippen LogP contribution >= 0.6 is 15.9 Å². The van der Waals surface area contributed by atoms with Gasteiger partial charge < -0.3 is 10.1 Å². The van der Waals surface area contributed by atoms with Crippen molar-refractivity contribution in [3.05, 3.63) is 64.1 Å². The molecule has 2 rings (SSSR count). The summed E-state index contributed by atoms with van der Waals surface area (Å²) in [7, 11) is 0. The van der Waals surface area contributed by atoms with Crippen molar-refractivity contribution in [3.8, 4) is 5.75 Å². The van der Waals surface area contributed by atoms with Crippen molar-refractivity contribution in [1.82, 2.24) is 5.32 Å². The van der Waals surface area contributed by atoms with E-state index in [1.54, 1.807) is 0 Å². The van der Waals surface area contributed by atoms with Gasteiger partial charge in [-0.05, 0) is 37.6 Å². The van der Waals surface area contributed by atoms with Crippen LogP contribution in [0.1, 0.15) is 24.1 Å². The molecule has 0 aliphatic carbocycles. The molecule has 0 aliphatic rings. The summed E-state index contributed by atoms with van der Waals surface area (Å²) < 4.78 is 6.74. The zero-order valence-corrected chi connectivity index (χ0v) is 13.5. The Labute approximate surface area is 129 Å². The smallest absolute Gasteiger partial charge is 0.120 e. The normalized spacial score (nSPS) is 12.2. The third-order valence-corrected chi connectivity index (χ3v) is 3.69. The zero-order valence-electron chi connectivity index (χ0n) is 11.9. The van der Waals surface area contributed by atoms with Gasteiger partial charge in [-0.25, -0.2) is 0 Å². The minimum absolute atomic E-state index is 0.335. The molecule has 0 saturated carbocycles. The summed E-state index contributed by atoms with van der Waals surface area (Å²) in [5, 5.41) is 3.47.